The minimum absolute atomic E-state index is 0.0366. The van der Waals surface area contributed by atoms with Gasteiger partial charge in [-0.3, -0.25) is 14.4 Å². The molecule has 0 heterocycles. The molecule has 6 unspecified atom stereocenters. The SMILES string of the molecule is O=C(O)C1CC(C2CCCCC2)CCC1COOC1CCC(C2CCC(OC(=O)C3CCC(C4CCCCC4)CC3C(=O)O)CC2)CC1. The number of carbonyl (C=O) groups excluding carboxylic acids is 1. The van der Waals surface area contributed by atoms with Crippen molar-refractivity contribution in [3.63, 3.8) is 0 Å². The van der Waals surface area contributed by atoms with Gasteiger partial charge in [-0.05, 0) is 131 Å². The fourth-order valence-electron chi connectivity index (χ4n) is 11.4. The molecule has 48 heavy (non-hydrogen) atoms. The van der Waals surface area contributed by atoms with Crippen LogP contribution in [0.4, 0.5) is 0 Å². The molecule has 0 aromatic rings. The van der Waals surface area contributed by atoms with Crippen molar-refractivity contribution in [3.05, 3.63) is 0 Å². The van der Waals surface area contributed by atoms with Crippen LogP contribution in [-0.2, 0) is 28.9 Å². The van der Waals surface area contributed by atoms with Crippen molar-refractivity contribution in [2.45, 2.75) is 166 Å². The van der Waals surface area contributed by atoms with Crippen molar-refractivity contribution in [2.75, 3.05) is 6.61 Å². The number of aliphatic carboxylic acids is 2. The summed E-state index contributed by atoms with van der Waals surface area (Å²) < 4.78 is 6.02. The summed E-state index contributed by atoms with van der Waals surface area (Å²) in [5, 5.41) is 20.0. The number of rotatable bonds is 11. The van der Waals surface area contributed by atoms with Gasteiger partial charge in [-0.2, -0.15) is 0 Å². The molecule has 8 heteroatoms. The Balaban J connectivity index is 0.868. The van der Waals surface area contributed by atoms with E-state index >= 15 is 0 Å². The maximum absolute atomic E-state index is 13.3. The van der Waals surface area contributed by atoms with Crippen LogP contribution >= 0.6 is 0 Å². The van der Waals surface area contributed by atoms with Crippen LogP contribution < -0.4 is 0 Å². The van der Waals surface area contributed by atoms with Gasteiger partial charge in [-0.15, -0.1) is 0 Å². The number of carbonyl (C=O) groups is 3. The smallest absolute Gasteiger partial charge is 0.310 e. The molecule has 8 nitrogen and oxygen atoms in total. The van der Waals surface area contributed by atoms with Crippen LogP contribution in [0.5, 0.6) is 0 Å². The maximum Gasteiger partial charge on any atom is 0.310 e. The van der Waals surface area contributed by atoms with Gasteiger partial charge in [0.2, 0.25) is 0 Å². The molecule has 2 N–H and O–H groups in total. The number of hydrogen-bond donors (Lipinski definition) is 2. The molecule has 6 atom stereocenters. The third kappa shape index (κ3) is 9.35. The Labute approximate surface area is 288 Å². The van der Waals surface area contributed by atoms with Crippen LogP contribution in [0.25, 0.3) is 0 Å². The Kier molecular flexibility index (Phi) is 13.2. The summed E-state index contributed by atoms with van der Waals surface area (Å²) in [5.41, 5.74) is 0. The Hall–Kier alpha value is -1.67. The van der Waals surface area contributed by atoms with E-state index in [0.717, 1.165) is 77.0 Å². The molecular formula is C40H64O8. The highest BCUT2D eigenvalue weighted by atomic mass is 17.2. The number of ether oxygens (including phenoxy) is 1. The molecule has 0 aliphatic heterocycles. The number of carboxylic acid groups (broad SMARTS) is 2. The highest BCUT2D eigenvalue weighted by molar-refractivity contribution is 5.81. The van der Waals surface area contributed by atoms with Crippen LogP contribution in [0, 0.1) is 59.2 Å². The van der Waals surface area contributed by atoms with E-state index in [1.54, 1.807) is 0 Å². The first-order valence-electron chi connectivity index (χ1n) is 20.3. The van der Waals surface area contributed by atoms with Gasteiger partial charge in [-0.1, -0.05) is 64.2 Å². The molecule has 0 bridgehead atoms. The number of hydrogen-bond acceptors (Lipinski definition) is 6. The minimum atomic E-state index is -0.826. The Morgan fingerprint density at radius 2 is 0.917 bits per heavy atom. The zero-order chi connectivity index (χ0) is 33.5. The fraction of sp³-hybridized carbons (Fsp3) is 0.925. The highest BCUT2D eigenvalue weighted by Crippen LogP contribution is 2.45. The molecule has 0 aromatic heterocycles. The van der Waals surface area contributed by atoms with Crippen LogP contribution in [0.15, 0.2) is 0 Å². The van der Waals surface area contributed by atoms with Crippen LogP contribution in [0.2, 0.25) is 0 Å². The predicted octanol–water partition coefficient (Wildman–Crippen LogP) is 8.99. The lowest BCUT2D eigenvalue weighted by Gasteiger charge is -2.40. The topological polar surface area (TPSA) is 119 Å². The maximum atomic E-state index is 13.3. The summed E-state index contributed by atoms with van der Waals surface area (Å²) in [6.07, 6.45) is 25.8. The average molecular weight is 673 g/mol. The van der Waals surface area contributed by atoms with Crippen molar-refractivity contribution in [1.29, 1.82) is 0 Å². The normalized spacial score (nSPS) is 39.0. The first-order chi connectivity index (χ1) is 23.4. The monoisotopic (exact) mass is 672 g/mol. The second-order valence-electron chi connectivity index (χ2n) is 17.1. The Morgan fingerprint density at radius 1 is 0.458 bits per heavy atom. The summed E-state index contributed by atoms with van der Waals surface area (Å²) in [6, 6.07) is 0. The summed E-state index contributed by atoms with van der Waals surface area (Å²) >= 11 is 0. The summed E-state index contributed by atoms with van der Waals surface area (Å²) in [5.74, 6) is 0.489. The Morgan fingerprint density at radius 3 is 1.46 bits per heavy atom. The van der Waals surface area contributed by atoms with E-state index in [1.807, 2.05) is 0 Å². The van der Waals surface area contributed by atoms with Crippen molar-refractivity contribution < 1.29 is 39.1 Å². The lowest BCUT2D eigenvalue weighted by Crippen LogP contribution is -2.40. The first kappa shape index (κ1) is 36.1. The van der Waals surface area contributed by atoms with Crippen LogP contribution in [0.1, 0.15) is 154 Å². The average Bonchev–Trinajstić information content (AvgIpc) is 3.12. The molecule has 6 rings (SSSR count). The molecule has 0 spiro atoms. The second-order valence-corrected chi connectivity index (χ2v) is 17.1. The standard InChI is InChI=1S/C40H64O8/c41-38(42)36-23-30(26-7-3-1-4-8-26)11-12-32(36)25-46-48-34-20-15-29(16-21-34)28-13-18-33(19-14-28)47-40(45)35-22-17-31(24-37(35)39(43)44)27-9-5-2-6-10-27/h26-37H,1-25H2,(H,41,42)(H,43,44). The second kappa shape index (κ2) is 17.5. The van der Waals surface area contributed by atoms with Gasteiger partial charge in [0, 0.05) is 0 Å². The fourth-order valence-corrected chi connectivity index (χ4v) is 11.4. The van der Waals surface area contributed by atoms with Gasteiger partial charge < -0.3 is 14.9 Å². The predicted molar refractivity (Wildman–Crippen MR) is 182 cm³/mol. The molecule has 0 aromatic carbocycles. The molecule has 6 aliphatic rings. The summed E-state index contributed by atoms with van der Waals surface area (Å²) in [6.45, 7) is 0.381. The lowest BCUT2D eigenvalue weighted by molar-refractivity contribution is -0.337. The van der Waals surface area contributed by atoms with Crippen LogP contribution in [0.3, 0.4) is 0 Å². The molecule has 0 radical (unpaired) electrons. The van der Waals surface area contributed by atoms with Gasteiger partial charge in [0.15, 0.2) is 0 Å². The van der Waals surface area contributed by atoms with E-state index in [9.17, 15) is 24.6 Å². The molecule has 272 valence electrons. The van der Waals surface area contributed by atoms with E-state index in [4.69, 9.17) is 14.5 Å². The number of carboxylic acids is 2. The molecule has 0 saturated heterocycles. The third-order valence-electron chi connectivity index (χ3n) is 14.4. The zero-order valence-corrected chi connectivity index (χ0v) is 29.4. The molecule has 6 aliphatic carbocycles. The Bertz CT molecular complexity index is 1030. The van der Waals surface area contributed by atoms with Crippen molar-refractivity contribution in [3.8, 4) is 0 Å². The summed E-state index contributed by atoms with van der Waals surface area (Å²) in [4.78, 5) is 49.3. The van der Waals surface area contributed by atoms with E-state index in [0.29, 0.717) is 55.0 Å². The van der Waals surface area contributed by atoms with Crippen molar-refractivity contribution >= 4 is 17.9 Å². The van der Waals surface area contributed by atoms with Gasteiger partial charge >= 0.3 is 17.9 Å². The first-order valence-corrected chi connectivity index (χ1v) is 20.3. The molecule has 0 amide bonds. The lowest BCUT2D eigenvalue weighted by atomic mass is 9.67. The largest absolute Gasteiger partial charge is 0.481 e. The molecule has 6 fully saturated rings. The summed E-state index contributed by atoms with van der Waals surface area (Å²) in [7, 11) is 0. The highest BCUT2D eigenvalue weighted by Gasteiger charge is 2.44. The van der Waals surface area contributed by atoms with Crippen molar-refractivity contribution in [1.82, 2.24) is 0 Å². The zero-order valence-electron chi connectivity index (χ0n) is 29.4. The van der Waals surface area contributed by atoms with E-state index < -0.39 is 23.8 Å². The van der Waals surface area contributed by atoms with Crippen molar-refractivity contribution in [2.24, 2.45) is 59.2 Å². The minimum Gasteiger partial charge on any atom is -0.481 e. The van der Waals surface area contributed by atoms with Crippen LogP contribution in [-0.4, -0.2) is 46.9 Å². The van der Waals surface area contributed by atoms with Gasteiger partial charge in [-0.25, -0.2) is 9.78 Å². The van der Waals surface area contributed by atoms with Gasteiger partial charge in [0.05, 0.1) is 30.5 Å². The molecule has 6 saturated carbocycles. The third-order valence-corrected chi connectivity index (χ3v) is 14.4. The van der Waals surface area contributed by atoms with E-state index in [-0.39, 0.29) is 30.0 Å². The quantitative estimate of drug-likeness (QED) is 0.127. The van der Waals surface area contributed by atoms with E-state index in [1.165, 1.54) is 64.2 Å². The number of esters is 1. The molecular weight excluding hydrogens is 608 g/mol. The van der Waals surface area contributed by atoms with Gasteiger partial charge in [0.25, 0.3) is 0 Å². The van der Waals surface area contributed by atoms with Gasteiger partial charge in [0.1, 0.15) is 6.10 Å². The van der Waals surface area contributed by atoms with E-state index in [2.05, 4.69) is 0 Å².